The summed E-state index contributed by atoms with van der Waals surface area (Å²) in [6, 6.07) is 0.453. The van der Waals surface area contributed by atoms with Gasteiger partial charge in [-0.25, -0.2) is 0 Å². The third-order valence-corrected chi connectivity index (χ3v) is 5.16. The van der Waals surface area contributed by atoms with Crippen LogP contribution in [0.5, 0.6) is 0 Å². The van der Waals surface area contributed by atoms with Gasteiger partial charge in [-0.2, -0.15) is 16.3 Å². The second-order valence-electron chi connectivity index (χ2n) is 5.62. The summed E-state index contributed by atoms with van der Waals surface area (Å²) in [4.78, 5) is 4.56. The molecular formula is C15H21N3OS. The van der Waals surface area contributed by atoms with Gasteiger partial charge in [0.15, 0.2) is 0 Å². The zero-order valence-corrected chi connectivity index (χ0v) is 12.9. The summed E-state index contributed by atoms with van der Waals surface area (Å²) in [6.07, 6.45) is 6.17. The van der Waals surface area contributed by atoms with E-state index in [4.69, 9.17) is 4.52 Å². The number of nitrogens with one attached hydrogen (secondary N) is 1. The number of aromatic nitrogens is 2. The molecule has 0 radical (unpaired) electrons. The van der Waals surface area contributed by atoms with Gasteiger partial charge in [-0.15, -0.1) is 0 Å². The molecule has 1 fully saturated rings. The number of likely N-dealkylation sites (N-methyl/N-ethyl adjacent to an activating group) is 1. The highest BCUT2D eigenvalue weighted by Gasteiger charge is 2.26. The molecule has 1 N–H and O–H groups in total. The molecule has 1 unspecified atom stereocenters. The van der Waals surface area contributed by atoms with E-state index in [2.05, 4.69) is 33.1 Å². The Morgan fingerprint density at radius 3 is 2.85 bits per heavy atom. The summed E-state index contributed by atoms with van der Waals surface area (Å²) in [5, 5.41) is 11.7. The monoisotopic (exact) mass is 291 g/mol. The molecule has 1 atom stereocenters. The van der Waals surface area contributed by atoms with Crippen LogP contribution >= 0.6 is 11.3 Å². The van der Waals surface area contributed by atoms with Crippen molar-refractivity contribution < 1.29 is 4.52 Å². The first-order valence-corrected chi connectivity index (χ1v) is 8.25. The lowest BCUT2D eigenvalue weighted by Crippen LogP contribution is -2.34. The van der Waals surface area contributed by atoms with E-state index in [1.165, 1.54) is 31.2 Å². The zero-order valence-electron chi connectivity index (χ0n) is 12.1. The Bertz CT molecular complexity index is 557. The molecule has 5 heteroatoms. The largest absolute Gasteiger partial charge is 0.339 e. The van der Waals surface area contributed by atoms with Crippen molar-refractivity contribution in [3.63, 3.8) is 0 Å². The molecule has 2 heterocycles. The molecular weight excluding hydrogens is 270 g/mol. The molecule has 20 heavy (non-hydrogen) atoms. The van der Waals surface area contributed by atoms with E-state index in [9.17, 15) is 0 Å². The van der Waals surface area contributed by atoms with E-state index in [-0.39, 0.29) is 0 Å². The molecule has 1 aliphatic carbocycles. The molecule has 0 saturated heterocycles. The summed E-state index contributed by atoms with van der Waals surface area (Å²) in [5.74, 6) is 2.22. The molecule has 3 rings (SSSR count). The quantitative estimate of drug-likeness (QED) is 0.917. The SMILES string of the molecule is CNC(Cc1nc(-c2cscc2C)no1)C1CCCC1. The van der Waals surface area contributed by atoms with Gasteiger partial charge in [0, 0.05) is 23.4 Å². The first-order valence-electron chi connectivity index (χ1n) is 7.31. The van der Waals surface area contributed by atoms with Crippen molar-refractivity contribution in [2.75, 3.05) is 7.05 Å². The Hall–Kier alpha value is -1.20. The van der Waals surface area contributed by atoms with Gasteiger partial charge >= 0.3 is 0 Å². The zero-order chi connectivity index (χ0) is 13.9. The fraction of sp³-hybridized carbons (Fsp3) is 0.600. The van der Waals surface area contributed by atoms with Crippen LogP contribution in [0.15, 0.2) is 15.3 Å². The first-order chi connectivity index (χ1) is 9.78. The maximum absolute atomic E-state index is 5.44. The summed E-state index contributed by atoms with van der Waals surface area (Å²) >= 11 is 1.68. The molecule has 1 aliphatic rings. The normalized spacial score (nSPS) is 17.7. The third-order valence-electron chi connectivity index (χ3n) is 4.30. The molecule has 4 nitrogen and oxygen atoms in total. The molecule has 0 aliphatic heterocycles. The standard InChI is InChI=1S/C15H21N3OS/c1-10-8-20-9-12(10)15-17-14(19-18-15)7-13(16-2)11-5-3-4-6-11/h8-9,11,13,16H,3-7H2,1-2H3. The number of hydrogen-bond acceptors (Lipinski definition) is 5. The molecule has 2 aromatic rings. The molecule has 0 spiro atoms. The van der Waals surface area contributed by atoms with Gasteiger partial charge in [0.05, 0.1) is 0 Å². The highest BCUT2D eigenvalue weighted by molar-refractivity contribution is 7.08. The van der Waals surface area contributed by atoms with E-state index in [0.717, 1.165) is 29.6 Å². The van der Waals surface area contributed by atoms with Crippen molar-refractivity contribution in [2.24, 2.45) is 5.92 Å². The van der Waals surface area contributed by atoms with E-state index in [0.29, 0.717) is 6.04 Å². The van der Waals surface area contributed by atoms with Crippen molar-refractivity contribution in [1.29, 1.82) is 0 Å². The topological polar surface area (TPSA) is 51.0 Å². The summed E-state index contributed by atoms with van der Waals surface area (Å²) < 4.78 is 5.44. The highest BCUT2D eigenvalue weighted by atomic mass is 32.1. The molecule has 0 aromatic carbocycles. The van der Waals surface area contributed by atoms with Crippen molar-refractivity contribution >= 4 is 11.3 Å². The number of thiophene rings is 1. The Kier molecular flexibility index (Phi) is 4.17. The van der Waals surface area contributed by atoms with Crippen LogP contribution in [0.4, 0.5) is 0 Å². The minimum Gasteiger partial charge on any atom is -0.339 e. The van der Waals surface area contributed by atoms with Gasteiger partial charge in [-0.1, -0.05) is 18.0 Å². The van der Waals surface area contributed by atoms with Gasteiger partial charge in [0.2, 0.25) is 11.7 Å². The predicted molar refractivity (Wildman–Crippen MR) is 80.9 cm³/mol. The maximum atomic E-state index is 5.44. The van der Waals surface area contributed by atoms with Gasteiger partial charge in [0.25, 0.3) is 0 Å². The van der Waals surface area contributed by atoms with Crippen molar-refractivity contribution in [3.05, 3.63) is 22.2 Å². The van der Waals surface area contributed by atoms with Crippen LogP contribution in [0.25, 0.3) is 11.4 Å². The van der Waals surface area contributed by atoms with E-state index in [1.807, 2.05) is 7.05 Å². The Balaban J connectivity index is 1.71. The van der Waals surface area contributed by atoms with E-state index in [1.54, 1.807) is 11.3 Å². The van der Waals surface area contributed by atoms with Crippen LogP contribution in [-0.4, -0.2) is 23.2 Å². The number of nitrogens with zero attached hydrogens (tertiary/aromatic N) is 2. The fourth-order valence-corrected chi connectivity index (χ4v) is 3.92. The molecule has 2 aromatic heterocycles. The first kappa shape index (κ1) is 13.8. The minimum atomic E-state index is 0.453. The summed E-state index contributed by atoms with van der Waals surface area (Å²) in [5.41, 5.74) is 2.30. The summed E-state index contributed by atoms with van der Waals surface area (Å²) in [6.45, 7) is 2.08. The lowest BCUT2D eigenvalue weighted by molar-refractivity contribution is 0.318. The maximum Gasteiger partial charge on any atom is 0.228 e. The molecule has 0 bridgehead atoms. The minimum absolute atomic E-state index is 0.453. The lowest BCUT2D eigenvalue weighted by Gasteiger charge is -2.20. The number of rotatable bonds is 5. The average Bonchev–Trinajstić information content (AvgIpc) is 3.16. The van der Waals surface area contributed by atoms with Crippen LogP contribution in [-0.2, 0) is 6.42 Å². The van der Waals surface area contributed by atoms with Crippen molar-refractivity contribution in [1.82, 2.24) is 15.5 Å². The van der Waals surface area contributed by atoms with E-state index >= 15 is 0 Å². The fourth-order valence-electron chi connectivity index (χ4n) is 3.09. The van der Waals surface area contributed by atoms with Crippen LogP contribution in [0.1, 0.15) is 37.1 Å². The van der Waals surface area contributed by atoms with Crippen molar-refractivity contribution in [3.8, 4) is 11.4 Å². The third kappa shape index (κ3) is 2.79. The van der Waals surface area contributed by atoms with E-state index < -0.39 is 0 Å². The number of aryl methyl sites for hydroxylation is 1. The Morgan fingerprint density at radius 2 is 2.20 bits per heavy atom. The van der Waals surface area contributed by atoms with Crippen molar-refractivity contribution in [2.45, 2.75) is 45.1 Å². The second-order valence-corrected chi connectivity index (χ2v) is 6.37. The second kappa shape index (κ2) is 6.06. The Morgan fingerprint density at radius 1 is 1.40 bits per heavy atom. The smallest absolute Gasteiger partial charge is 0.228 e. The van der Waals surface area contributed by atoms with Gasteiger partial charge < -0.3 is 9.84 Å². The van der Waals surface area contributed by atoms with Crippen LogP contribution in [0.2, 0.25) is 0 Å². The molecule has 0 amide bonds. The summed E-state index contributed by atoms with van der Waals surface area (Å²) in [7, 11) is 2.03. The van der Waals surface area contributed by atoms with Crippen LogP contribution in [0.3, 0.4) is 0 Å². The molecule has 1 saturated carbocycles. The highest BCUT2D eigenvalue weighted by Crippen LogP contribution is 2.29. The van der Waals surface area contributed by atoms with Gasteiger partial charge in [-0.3, -0.25) is 0 Å². The van der Waals surface area contributed by atoms with Gasteiger partial charge in [0.1, 0.15) is 0 Å². The average molecular weight is 291 g/mol. The Labute approximate surface area is 123 Å². The lowest BCUT2D eigenvalue weighted by atomic mass is 9.95. The molecule has 108 valence electrons. The van der Waals surface area contributed by atoms with Crippen LogP contribution in [0, 0.1) is 12.8 Å². The van der Waals surface area contributed by atoms with Crippen LogP contribution < -0.4 is 5.32 Å². The van der Waals surface area contributed by atoms with Gasteiger partial charge in [-0.05, 0) is 43.7 Å². The number of hydrogen-bond donors (Lipinski definition) is 1. The predicted octanol–water partition coefficient (Wildman–Crippen LogP) is 3.43.